The Morgan fingerprint density at radius 3 is 2.75 bits per heavy atom. The molecule has 0 aliphatic heterocycles. The quantitative estimate of drug-likeness (QED) is 0.366. The van der Waals surface area contributed by atoms with Gasteiger partial charge in [0.2, 0.25) is 0 Å². The summed E-state index contributed by atoms with van der Waals surface area (Å²) < 4.78 is 5.28. The van der Waals surface area contributed by atoms with Crippen molar-refractivity contribution in [2.24, 2.45) is 4.99 Å². The molecular formula is C18H30N4O2. The second kappa shape index (κ2) is 11.5. The van der Waals surface area contributed by atoms with Crippen LogP contribution >= 0.6 is 0 Å². The number of aliphatic imine (C=N–C) groups is 1. The molecule has 6 nitrogen and oxygen atoms in total. The summed E-state index contributed by atoms with van der Waals surface area (Å²) in [7, 11) is 1.73. The SMILES string of the molecule is CCOCCNC(=NC)NCc1cccc(C(=O)NC(C)CC)c1. The van der Waals surface area contributed by atoms with Gasteiger partial charge in [0.1, 0.15) is 0 Å². The van der Waals surface area contributed by atoms with Crippen molar-refractivity contribution < 1.29 is 9.53 Å². The summed E-state index contributed by atoms with van der Waals surface area (Å²) in [5, 5.41) is 9.39. The Labute approximate surface area is 145 Å². The van der Waals surface area contributed by atoms with Crippen LogP contribution in [0.2, 0.25) is 0 Å². The maximum Gasteiger partial charge on any atom is 0.251 e. The molecule has 1 atom stereocenters. The highest BCUT2D eigenvalue weighted by Crippen LogP contribution is 2.06. The van der Waals surface area contributed by atoms with Gasteiger partial charge < -0.3 is 20.7 Å². The normalized spacial score (nSPS) is 12.6. The fraction of sp³-hybridized carbons (Fsp3) is 0.556. The molecule has 0 spiro atoms. The minimum absolute atomic E-state index is 0.0366. The molecule has 0 saturated heterocycles. The predicted octanol–water partition coefficient (Wildman–Crippen LogP) is 1.92. The summed E-state index contributed by atoms with van der Waals surface area (Å²) >= 11 is 0. The van der Waals surface area contributed by atoms with E-state index in [0.717, 1.165) is 12.0 Å². The predicted molar refractivity (Wildman–Crippen MR) is 98.4 cm³/mol. The number of hydrogen-bond acceptors (Lipinski definition) is 3. The van der Waals surface area contributed by atoms with Crippen molar-refractivity contribution in [1.82, 2.24) is 16.0 Å². The number of hydrogen-bond donors (Lipinski definition) is 3. The summed E-state index contributed by atoms with van der Waals surface area (Å²) in [6, 6.07) is 7.79. The topological polar surface area (TPSA) is 74.8 Å². The summed E-state index contributed by atoms with van der Waals surface area (Å²) in [6.07, 6.45) is 0.913. The minimum atomic E-state index is -0.0366. The van der Waals surface area contributed by atoms with Crippen LogP contribution in [0, 0.1) is 0 Å². The zero-order chi connectivity index (χ0) is 17.8. The van der Waals surface area contributed by atoms with Crippen molar-refractivity contribution in [3.63, 3.8) is 0 Å². The highest BCUT2D eigenvalue weighted by molar-refractivity contribution is 5.94. The van der Waals surface area contributed by atoms with Crippen LogP contribution in [0.5, 0.6) is 0 Å². The third-order valence-electron chi connectivity index (χ3n) is 3.61. The van der Waals surface area contributed by atoms with E-state index in [-0.39, 0.29) is 11.9 Å². The minimum Gasteiger partial charge on any atom is -0.380 e. The first-order valence-corrected chi connectivity index (χ1v) is 8.52. The molecule has 1 unspecified atom stereocenters. The van der Waals surface area contributed by atoms with Crippen LogP contribution in [0.25, 0.3) is 0 Å². The van der Waals surface area contributed by atoms with E-state index >= 15 is 0 Å². The van der Waals surface area contributed by atoms with E-state index in [2.05, 4.69) is 27.9 Å². The van der Waals surface area contributed by atoms with Crippen LogP contribution in [0.15, 0.2) is 29.3 Å². The van der Waals surface area contributed by atoms with E-state index in [4.69, 9.17) is 4.74 Å². The Balaban J connectivity index is 2.53. The third kappa shape index (κ3) is 7.46. The Morgan fingerprint density at radius 2 is 2.08 bits per heavy atom. The van der Waals surface area contributed by atoms with E-state index in [1.54, 1.807) is 7.05 Å². The summed E-state index contributed by atoms with van der Waals surface area (Å²) in [5.74, 6) is 0.676. The van der Waals surface area contributed by atoms with Crippen LogP contribution in [-0.4, -0.2) is 44.7 Å². The van der Waals surface area contributed by atoms with Crippen LogP contribution in [0.4, 0.5) is 0 Å². The molecule has 1 rings (SSSR count). The van der Waals surface area contributed by atoms with Gasteiger partial charge in [0.05, 0.1) is 6.61 Å². The van der Waals surface area contributed by atoms with Gasteiger partial charge in [0, 0.05) is 38.3 Å². The van der Waals surface area contributed by atoms with Gasteiger partial charge in [-0.15, -0.1) is 0 Å². The molecule has 6 heteroatoms. The van der Waals surface area contributed by atoms with Gasteiger partial charge in [-0.25, -0.2) is 0 Å². The van der Waals surface area contributed by atoms with Crippen LogP contribution in [0.1, 0.15) is 43.1 Å². The first kappa shape index (κ1) is 20.0. The molecule has 134 valence electrons. The Hall–Kier alpha value is -2.08. The molecule has 0 bridgehead atoms. The first-order chi connectivity index (χ1) is 11.6. The maximum atomic E-state index is 12.2. The number of nitrogens with zero attached hydrogens (tertiary/aromatic N) is 1. The van der Waals surface area contributed by atoms with E-state index in [1.165, 1.54) is 0 Å². The number of carbonyl (C=O) groups excluding carboxylic acids is 1. The zero-order valence-electron chi connectivity index (χ0n) is 15.2. The van der Waals surface area contributed by atoms with E-state index in [1.807, 2.05) is 38.1 Å². The second-order valence-electron chi connectivity index (χ2n) is 5.53. The maximum absolute atomic E-state index is 12.2. The Kier molecular flexibility index (Phi) is 9.53. The molecule has 0 heterocycles. The number of nitrogens with one attached hydrogen (secondary N) is 3. The number of benzene rings is 1. The first-order valence-electron chi connectivity index (χ1n) is 8.52. The summed E-state index contributed by atoms with van der Waals surface area (Å²) in [4.78, 5) is 16.4. The standard InChI is InChI=1S/C18H30N4O2/c1-5-14(3)22-17(23)16-9-7-8-15(12-16)13-21-18(19-4)20-10-11-24-6-2/h7-9,12,14H,5-6,10-11,13H2,1-4H3,(H,22,23)(H2,19,20,21). The van der Waals surface area contributed by atoms with Crippen LogP contribution in [0.3, 0.4) is 0 Å². The molecule has 1 aromatic carbocycles. The third-order valence-corrected chi connectivity index (χ3v) is 3.61. The molecule has 1 aromatic rings. The molecule has 0 fully saturated rings. The van der Waals surface area contributed by atoms with Gasteiger partial charge in [-0.2, -0.15) is 0 Å². The number of amides is 1. The van der Waals surface area contributed by atoms with Crippen LogP contribution in [-0.2, 0) is 11.3 Å². The van der Waals surface area contributed by atoms with E-state index in [9.17, 15) is 4.79 Å². The van der Waals surface area contributed by atoms with Gasteiger partial charge in [-0.05, 0) is 38.0 Å². The van der Waals surface area contributed by atoms with Crippen molar-refractivity contribution in [2.45, 2.75) is 39.8 Å². The van der Waals surface area contributed by atoms with Crippen molar-refractivity contribution in [1.29, 1.82) is 0 Å². The monoisotopic (exact) mass is 334 g/mol. The van der Waals surface area contributed by atoms with Gasteiger partial charge in [-0.3, -0.25) is 9.79 Å². The lowest BCUT2D eigenvalue weighted by atomic mass is 10.1. The lowest BCUT2D eigenvalue weighted by Gasteiger charge is -2.14. The van der Waals surface area contributed by atoms with E-state index in [0.29, 0.717) is 37.8 Å². The fourth-order valence-electron chi connectivity index (χ4n) is 2.02. The highest BCUT2D eigenvalue weighted by atomic mass is 16.5. The van der Waals surface area contributed by atoms with Crippen molar-refractivity contribution in [3.8, 4) is 0 Å². The molecule has 0 aromatic heterocycles. The summed E-state index contributed by atoms with van der Waals surface area (Å²) in [5.41, 5.74) is 1.70. The molecular weight excluding hydrogens is 304 g/mol. The highest BCUT2D eigenvalue weighted by Gasteiger charge is 2.09. The fourth-order valence-corrected chi connectivity index (χ4v) is 2.02. The Morgan fingerprint density at radius 1 is 1.29 bits per heavy atom. The molecule has 0 aliphatic carbocycles. The lowest BCUT2D eigenvalue weighted by molar-refractivity contribution is 0.0939. The van der Waals surface area contributed by atoms with Crippen molar-refractivity contribution in [2.75, 3.05) is 26.8 Å². The average molecular weight is 334 g/mol. The molecule has 1 amide bonds. The summed E-state index contributed by atoms with van der Waals surface area (Å²) in [6.45, 7) is 8.67. The Bertz CT molecular complexity index is 532. The molecule has 3 N–H and O–H groups in total. The van der Waals surface area contributed by atoms with E-state index < -0.39 is 0 Å². The zero-order valence-corrected chi connectivity index (χ0v) is 15.2. The van der Waals surface area contributed by atoms with Crippen molar-refractivity contribution in [3.05, 3.63) is 35.4 Å². The second-order valence-corrected chi connectivity index (χ2v) is 5.53. The van der Waals surface area contributed by atoms with Gasteiger partial charge in [-0.1, -0.05) is 19.1 Å². The molecule has 24 heavy (non-hydrogen) atoms. The van der Waals surface area contributed by atoms with Gasteiger partial charge >= 0.3 is 0 Å². The largest absolute Gasteiger partial charge is 0.380 e. The lowest BCUT2D eigenvalue weighted by Crippen LogP contribution is -2.38. The van der Waals surface area contributed by atoms with Crippen molar-refractivity contribution >= 4 is 11.9 Å². The smallest absolute Gasteiger partial charge is 0.251 e. The number of ether oxygens (including phenoxy) is 1. The van der Waals surface area contributed by atoms with Crippen LogP contribution < -0.4 is 16.0 Å². The average Bonchev–Trinajstić information content (AvgIpc) is 2.61. The molecule has 0 aliphatic rings. The number of rotatable bonds is 9. The molecule has 0 radical (unpaired) electrons. The van der Waals surface area contributed by atoms with Gasteiger partial charge in [0.25, 0.3) is 5.91 Å². The number of carbonyl (C=O) groups is 1. The van der Waals surface area contributed by atoms with Gasteiger partial charge in [0.15, 0.2) is 5.96 Å². The number of guanidine groups is 1. The molecule has 0 saturated carbocycles.